The van der Waals surface area contributed by atoms with Gasteiger partial charge in [0.05, 0.1) is 13.2 Å². The van der Waals surface area contributed by atoms with Crippen LogP contribution in [0.3, 0.4) is 0 Å². The van der Waals surface area contributed by atoms with Crippen LogP contribution in [0.2, 0.25) is 5.02 Å². The lowest BCUT2D eigenvalue weighted by molar-refractivity contribution is -0.143. The zero-order chi connectivity index (χ0) is 19.8. The molecule has 0 saturated heterocycles. The van der Waals surface area contributed by atoms with Crippen LogP contribution in [0.1, 0.15) is 25.3 Å². The van der Waals surface area contributed by atoms with Gasteiger partial charge in [0.15, 0.2) is 11.0 Å². The summed E-state index contributed by atoms with van der Waals surface area (Å²) in [6.07, 6.45) is 1.15. The molecule has 0 bridgehead atoms. The Morgan fingerprint density at radius 3 is 2.57 bits per heavy atom. The van der Waals surface area contributed by atoms with Crippen molar-refractivity contribution in [1.82, 2.24) is 14.8 Å². The largest absolute Gasteiger partial charge is 0.466 e. The summed E-state index contributed by atoms with van der Waals surface area (Å²) in [4.78, 5) is 11.5. The summed E-state index contributed by atoms with van der Waals surface area (Å²) < 4.78 is 7.08. The van der Waals surface area contributed by atoms with E-state index in [2.05, 4.69) is 26.9 Å². The van der Waals surface area contributed by atoms with Crippen LogP contribution in [0.4, 0.5) is 0 Å². The van der Waals surface area contributed by atoms with Crippen LogP contribution in [0, 0.1) is 0 Å². The van der Waals surface area contributed by atoms with Gasteiger partial charge < -0.3 is 4.74 Å². The third kappa shape index (κ3) is 5.59. The highest BCUT2D eigenvalue weighted by atomic mass is 35.5. The molecule has 0 unspecified atom stereocenters. The molecule has 146 valence electrons. The molecule has 0 fully saturated rings. The van der Waals surface area contributed by atoms with E-state index in [0.717, 1.165) is 28.7 Å². The van der Waals surface area contributed by atoms with Gasteiger partial charge in [-0.1, -0.05) is 53.7 Å². The Balaban J connectivity index is 1.77. The van der Waals surface area contributed by atoms with Gasteiger partial charge >= 0.3 is 5.97 Å². The van der Waals surface area contributed by atoms with E-state index in [1.165, 1.54) is 5.56 Å². The van der Waals surface area contributed by atoms with Crippen molar-refractivity contribution >= 4 is 29.3 Å². The molecule has 0 aliphatic heterocycles. The van der Waals surface area contributed by atoms with Gasteiger partial charge in [0.2, 0.25) is 0 Å². The number of hydrogen-bond donors (Lipinski definition) is 0. The number of esters is 1. The third-order valence-corrected chi connectivity index (χ3v) is 5.37. The number of carbonyl (C=O) groups excluding carboxylic acids is 1. The smallest absolute Gasteiger partial charge is 0.305 e. The molecule has 7 heteroatoms. The first-order valence-electron chi connectivity index (χ1n) is 9.19. The van der Waals surface area contributed by atoms with E-state index in [0.29, 0.717) is 24.6 Å². The molecule has 28 heavy (non-hydrogen) atoms. The molecule has 3 aromatic rings. The van der Waals surface area contributed by atoms with Gasteiger partial charge in [0, 0.05) is 22.8 Å². The minimum atomic E-state index is -0.157. The van der Waals surface area contributed by atoms with E-state index in [9.17, 15) is 4.79 Å². The van der Waals surface area contributed by atoms with Crippen LogP contribution < -0.4 is 0 Å². The molecule has 0 radical (unpaired) electrons. The molecular formula is C21H22ClN3O2S. The van der Waals surface area contributed by atoms with Crippen LogP contribution in [0.15, 0.2) is 59.8 Å². The van der Waals surface area contributed by atoms with Crippen molar-refractivity contribution < 1.29 is 9.53 Å². The lowest BCUT2D eigenvalue weighted by Crippen LogP contribution is -2.05. The van der Waals surface area contributed by atoms with Crippen LogP contribution in [0.25, 0.3) is 11.4 Å². The van der Waals surface area contributed by atoms with E-state index in [1.54, 1.807) is 11.8 Å². The van der Waals surface area contributed by atoms with Crippen molar-refractivity contribution in [3.05, 3.63) is 65.2 Å². The number of aromatic nitrogens is 3. The van der Waals surface area contributed by atoms with Gasteiger partial charge in [-0.3, -0.25) is 9.36 Å². The molecule has 1 heterocycles. The van der Waals surface area contributed by atoms with E-state index < -0.39 is 0 Å². The fourth-order valence-electron chi connectivity index (χ4n) is 2.73. The molecule has 3 rings (SSSR count). The summed E-state index contributed by atoms with van der Waals surface area (Å²) in [6.45, 7) is 2.91. The number of halogens is 1. The summed E-state index contributed by atoms with van der Waals surface area (Å²) in [5, 5.41) is 10.3. The van der Waals surface area contributed by atoms with Crippen molar-refractivity contribution in [3.63, 3.8) is 0 Å². The summed E-state index contributed by atoms with van der Waals surface area (Å²) in [5.74, 6) is 1.41. The molecule has 0 saturated carbocycles. The number of thioether (sulfide) groups is 1. The lowest BCUT2D eigenvalue weighted by atomic mass is 10.2. The zero-order valence-electron chi connectivity index (χ0n) is 15.7. The average Bonchev–Trinajstić information content (AvgIpc) is 3.09. The van der Waals surface area contributed by atoms with Crippen molar-refractivity contribution in [3.8, 4) is 11.4 Å². The number of hydrogen-bond acceptors (Lipinski definition) is 5. The van der Waals surface area contributed by atoms with Crippen LogP contribution in [-0.4, -0.2) is 33.1 Å². The van der Waals surface area contributed by atoms with E-state index >= 15 is 0 Å². The predicted molar refractivity (Wildman–Crippen MR) is 113 cm³/mol. The third-order valence-electron chi connectivity index (χ3n) is 4.06. The SMILES string of the molecule is CCOC(=O)CCCSc1nnc(-c2ccc(Cl)cc2)n1Cc1ccccc1. The maximum atomic E-state index is 11.5. The quantitative estimate of drug-likeness (QED) is 0.277. The zero-order valence-corrected chi connectivity index (χ0v) is 17.2. The molecule has 0 aliphatic carbocycles. The van der Waals surface area contributed by atoms with E-state index in [4.69, 9.17) is 16.3 Å². The van der Waals surface area contributed by atoms with Gasteiger partial charge in [-0.15, -0.1) is 10.2 Å². The fraction of sp³-hybridized carbons (Fsp3) is 0.286. The number of rotatable bonds is 9. The number of carbonyl (C=O) groups is 1. The Kier molecular flexibility index (Phi) is 7.51. The van der Waals surface area contributed by atoms with Gasteiger partial charge in [0.1, 0.15) is 0 Å². The second-order valence-electron chi connectivity index (χ2n) is 6.14. The van der Waals surface area contributed by atoms with Gasteiger partial charge in [-0.05, 0) is 43.2 Å². The molecular weight excluding hydrogens is 394 g/mol. The molecule has 2 aromatic carbocycles. The normalized spacial score (nSPS) is 10.8. The molecule has 0 amide bonds. The summed E-state index contributed by atoms with van der Waals surface area (Å²) >= 11 is 7.62. The standard InChI is InChI=1S/C21H22ClN3O2S/c1-2-27-19(26)9-6-14-28-21-24-23-20(17-10-12-18(22)13-11-17)25(21)15-16-7-4-3-5-8-16/h3-5,7-8,10-13H,2,6,9,14-15H2,1H3. The van der Waals surface area contributed by atoms with Crippen molar-refractivity contribution in [2.75, 3.05) is 12.4 Å². The Bertz CT molecular complexity index is 898. The van der Waals surface area contributed by atoms with Crippen LogP contribution in [-0.2, 0) is 16.1 Å². The average molecular weight is 416 g/mol. The maximum Gasteiger partial charge on any atom is 0.305 e. The van der Waals surface area contributed by atoms with E-state index in [-0.39, 0.29) is 5.97 Å². The first-order chi connectivity index (χ1) is 13.7. The first kappa shape index (κ1) is 20.4. The lowest BCUT2D eigenvalue weighted by Gasteiger charge is -2.10. The number of benzene rings is 2. The summed E-state index contributed by atoms with van der Waals surface area (Å²) in [6, 6.07) is 17.8. The monoisotopic (exact) mass is 415 g/mol. The maximum absolute atomic E-state index is 11.5. The number of nitrogens with zero attached hydrogens (tertiary/aromatic N) is 3. The Morgan fingerprint density at radius 1 is 1.11 bits per heavy atom. The van der Waals surface area contributed by atoms with Crippen molar-refractivity contribution in [2.24, 2.45) is 0 Å². The first-order valence-corrected chi connectivity index (χ1v) is 10.5. The predicted octanol–water partition coefficient (Wildman–Crippen LogP) is 5.08. The fourth-order valence-corrected chi connectivity index (χ4v) is 3.73. The molecule has 0 aliphatic rings. The molecule has 5 nitrogen and oxygen atoms in total. The highest BCUT2D eigenvalue weighted by molar-refractivity contribution is 7.99. The molecule has 0 N–H and O–H groups in total. The Hall–Kier alpha value is -2.31. The van der Waals surface area contributed by atoms with Crippen LogP contribution in [0.5, 0.6) is 0 Å². The van der Waals surface area contributed by atoms with Crippen molar-refractivity contribution in [2.45, 2.75) is 31.5 Å². The minimum Gasteiger partial charge on any atom is -0.466 e. The molecule has 0 spiro atoms. The highest BCUT2D eigenvalue weighted by Gasteiger charge is 2.15. The molecule has 0 atom stereocenters. The topological polar surface area (TPSA) is 57.0 Å². The highest BCUT2D eigenvalue weighted by Crippen LogP contribution is 2.26. The van der Waals surface area contributed by atoms with Gasteiger partial charge in [-0.2, -0.15) is 0 Å². The Labute approximate surface area is 174 Å². The Morgan fingerprint density at radius 2 is 1.86 bits per heavy atom. The van der Waals surface area contributed by atoms with E-state index in [1.807, 2.05) is 49.4 Å². The number of ether oxygens (including phenoxy) is 1. The summed E-state index contributed by atoms with van der Waals surface area (Å²) in [5.41, 5.74) is 2.14. The van der Waals surface area contributed by atoms with Crippen molar-refractivity contribution in [1.29, 1.82) is 0 Å². The van der Waals surface area contributed by atoms with Crippen LogP contribution >= 0.6 is 23.4 Å². The second-order valence-corrected chi connectivity index (χ2v) is 7.64. The minimum absolute atomic E-state index is 0.157. The molecule has 1 aromatic heterocycles. The van der Waals surface area contributed by atoms with Gasteiger partial charge in [0.25, 0.3) is 0 Å². The second kappa shape index (κ2) is 10.3. The van der Waals surface area contributed by atoms with Gasteiger partial charge in [-0.25, -0.2) is 0 Å². The summed E-state index contributed by atoms with van der Waals surface area (Å²) in [7, 11) is 0.